The zero-order valence-corrected chi connectivity index (χ0v) is 16.9. The Hall–Kier alpha value is -2.12. The van der Waals surface area contributed by atoms with Crippen molar-refractivity contribution in [3.8, 4) is 0 Å². The molecule has 7 heteroatoms. The highest BCUT2D eigenvalue weighted by Crippen LogP contribution is 2.34. The number of fused-ring (bicyclic) bond motifs is 4. The average Bonchev–Trinajstić information content (AvgIpc) is 3.29. The molecule has 0 fully saturated rings. The summed E-state index contributed by atoms with van der Waals surface area (Å²) in [6, 6.07) is 8.20. The van der Waals surface area contributed by atoms with Gasteiger partial charge >= 0.3 is 0 Å². The highest BCUT2D eigenvalue weighted by Gasteiger charge is 2.27. The van der Waals surface area contributed by atoms with Crippen LogP contribution in [0, 0.1) is 6.92 Å². The number of nitrogens with zero attached hydrogens (tertiary/aromatic N) is 3. The molecule has 4 aromatic rings. The number of amides is 1. The topological polar surface area (TPSA) is 53.9 Å². The number of aryl methyl sites for hydroxylation is 2. The molecule has 3 aromatic heterocycles. The van der Waals surface area contributed by atoms with Gasteiger partial charge in [0.1, 0.15) is 4.83 Å². The highest BCUT2D eigenvalue weighted by atomic mass is 79.9. The summed E-state index contributed by atoms with van der Waals surface area (Å²) in [6.45, 7) is 3.37. The number of halogens is 1. The fraction of sp³-hybridized carbons (Fsp3) is 0.263. The first-order valence-corrected chi connectivity index (χ1v) is 10.1. The second-order valence-corrected chi connectivity index (χ2v) is 8.64. The predicted octanol–water partition coefficient (Wildman–Crippen LogP) is 4.39. The van der Waals surface area contributed by atoms with E-state index < -0.39 is 0 Å². The lowest BCUT2D eigenvalue weighted by atomic mass is 10.0. The van der Waals surface area contributed by atoms with Gasteiger partial charge in [-0.25, -0.2) is 0 Å². The van der Waals surface area contributed by atoms with Gasteiger partial charge in [-0.1, -0.05) is 12.1 Å². The molecule has 0 unspecified atom stereocenters. The van der Waals surface area contributed by atoms with Crippen molar-refractivity contribution in [2.24, 2.45) is 7.05 Å². The minimum atomic E-state index is 0.112. The summed E-state index contributed by atoms with van der Waals surface area (Å²) in [5, 5.41) is 6.70. The molecule has 0 bridgehead atoms. The Morgan fingerprint density at radius 2 is 2.19 bits per heavy atom. The fourth-order valence-corrected chi connectivity index (χ4v) is 5.40. The van der Waals surface area contributed by atoms with Gasteiger partial charge in [0.05, 0.1) is 16.1 Å². The lowest BCUT2D eigenvalue weighted by Gasteiger charge is -2.26. The Kier molecular flexibility index (Phi) is 3.52. The number of carbonyl (C=O) groups is 1. The fourth-order valence-electron chi connectivity index (χ4n) is 3.84. The van der Waals surface area contributed by atoms with Crippen LogP contribution >= 0.6 is 27.3 Å². The largest absolute Gasteiger partial charge is 0.357 e. The summed E-state index contributed by atoms with van der Waals surface area (Å²) in [5.74, 6) is 0.112. The number of para-hydroxylation sites is 1. The molecule has 132 valence electrons. The van der Waals surface area contributed by atoms with Crippen LogP contribution in [0.15, 0.2) is 28.7 Å². The normalized spacial score (nSPS) is 14.3. The number of carbonyl (C=O) groups excluding carboxylic acids is 1. The molecule has 0 spiro atoms. The number of rotatable bonds is 1. The maximum Gasteiger partial charge on any atom is 0.264 e. The van der Waals surface area contributed by atoms with Crippen molar-refractivity contribution < 1.29 is 4.79 Å². The molecule has 4 heterocycles. The van der Waals surface area contributed by atoms with Gasteiger partial charge in [-0.2, -0.15) is 5.10 Å². The molecule has 1 amide bonds. The maximum absolute atomic E-state index is 13.1. The van der Waals surface area contributed by atoms with E-state index in [4.69, 9.17) is 0 Å². The van der Waals surface area contributed by atoms with E-state index in [1.807, 2.05) is 41.8 Å². The molecule has 1 aliphatic rings. The van der Waals surface area contributed by atoms with E-state index in [0.717, 1.165) is 43.7 Å². The second kappa shape index (κ2) is 5.69. The predicted molar refractivity (Wildman–Crippen MR) is 108 cm³/mol. The SMILES string of the molecule is Cc1nn(C)c2sc(C(=O)N3CCc4[nH]c5c(Br)cccc5c4C3)cc12. The van der Waals surface area contributed by atoms with E-state index in [2.05, 4.69) is 32.1 Å². The minimum absolute atomic E-state index is 0.112. The zero-order chi connectivity index (χ0) is 18.0. The molecule has 5 rings (SSSR count). The standard InChI is InChI=1S/C19H17BrN4OS/c1-10-12-8-16(26-19(12)23(2)22-10)18(25)24-7-6-15-13(9-24)11-4-3-5-14(20)17(11)21-15/h3-5,8,21H,6-7,9H2,1-2H3. The number of hydrogen-bond acceptors (Lipinski definition) is 3. The van der Waals surface area contributed by atoms with Crippen molar-refractivity contribution in [1.82, 2.24) is 19.7 Å². The van der Waals surface area contributed by atoms with Gasteiger partial charge in [0.25, 0.3) is 5.91 Å². The Bertz CT molecular complexity index is 1150. The van der Waals surface area contributed by atoms with Crippen LogP contribution in [0.4, 0.5) is 0 Å². The average molecular weight is 429 g/mol. The maximum atomic E-state index is 13.1. The summed E-state index contributed by atoms with van der Waals surface area (Å²) in [7, 11) is 1.93. The van der Waals surface area contributed by atoms with E-state index in [9.17, 15) is 4.79 Å². The van der Waals surface area contributed by atoms with Crippen LogP contribution in [-0.4, -0.2) is 32.1 Å². The van der Waals surface area contributed by atoms with Crippen molar-refractivity contribution in [2.45, 2.75) is 19.9 Å². The summed E-state index contributed by atoms with van der Waals surface area (Å²) >= 11 is 5.14. The van der Waals surface area contributed by atoms with Gasteiger partial charge in [0.2, 0.25) is 0 Å². The molecule has 0 saturated carbocycles. The van der Waals surface area contributed by atoms with Crippen LogP contribution < -0.4 is 0 Å². The molecular formula is C19H17BrN4OS. The molecule has 0 saturated heterocycles. The van der Waals surface area contributed by atoms with Crippen LogP contribution in [0.1, 0.15) is 26.6 Å². The van der Waals surface area contributed by atoms with Gasteiger partial charge < -0.3 is 9.88 Å². The number of benzene rings is 1. The molecule has 0 atom stereocenters. The van der Waals surface area contributed by atoms with Crippen molar-refractivity contribution in [3.05, 3.63) is 50.6 Å². The van der Waals surface area contributed by atoms with Crippen molar-refractivity contribution in [1.29, 1.82) is 0 Å². The number of aromatic amines is 1. The minimum Gasteiger partial charge on any atom is -0.357 e. The van der Waals surface area contributed by atoms with Gasteiger partial charge in [-0.15, -0.1) is 11.3 Å². The van der Waals surface area contributed by atoms with Gasteiger partial charge in [-0.3, -0.25) is 9.48 Å². The van der Waals surface area contributed by atoms with Crippen LogP contribution in [-0.2, 0) is 20.0 Å². The molecule has 5 nitrogen and oxygen atoms in total. The van der Waals surface area contributed by atoms with Gasteiger partial charge in [0.15, 0.2) is 0 Å². The van der Waals surface area contributed by atoms with Crippen LogP contribution in [0.3, 0.4) is 0 Å². The molecular weight excluding hydrogens is 412 g/mol. The van der Waals surface area contributed by atoms with E-state index in [-0.39, 0.29) is 5.91 Å². The van der Waals surface area contributed by atoms with Crippen molar-refractivity contribution in [3.63, 3.8) is 0 Å². The smallest absolute Gasteiger partial charge is 0.264 e. The second-order valence-electron chi connectivity index (χ2n) is 6.76. The summed E-state index contributed by atoms with van der Waals surface area (Å²) in [4.78, 5) is 20.4. The Morgan fingerprint density at radius 3 is 3.00 bits per heavy atom. The molecule has 0 radical (unpaired) electrons. The quantitative estimate of drug-likeness (QED) is 0.488. The van der Waals surface area contributed by atoms with Crippen molar-refractivity contribution in [2.75, 3.05) is 6.54 Å². The molecule has 1 aromatic carbocycles. The van der Waals surface area contributed by atoms with Crippen molar-refractivity contribution >= 4 is 54.3 Å². The van der Waals surface area contributed by atoms with E-state index in [0.29, 0.717) is 6.54 Å². The number of hydrogen-bond donors (Lipinski definition) is 1. The lowest BCUT2D eigenvalue weighted by Crippen LogP contribution is -2.35. The van der Waals surface area contributed by atoms with Gasteiger partial charge in [-0.05, 0) is 35.0 Å². The monoisotopic (exact) mass is 428 g/mol. The lowest BCUT2D eigenvalue weighted by molar-refractivity contribution is 0.0740. The molecule has 26 heavy (non-hydrogen) atoms. The molecule has 1 aliphatic heterocycles. The summed E-state index contributed by atoms with van der Waals surface area (Å²) < 4.78 is 2.92. The first-order chi connectivity index (χ1) is 12.5. The van der Waals surface area contributed by atoms with Gasteiger partial charge in [0, 0.05) is 53.1 Å². The zero-order valence-electron chi connectivity index (χ0n) is 14.5. The Labute approximate surface area is 162 Å². The van der Waals surface area contributed by atoms with Crippen LogP contribution in [0.5, 0.6) is 0 Å². The summed E-state index contributed by atoms with van der Waals surface area (Å²) in [5.41, 5.74) is 4.57. The van der Waals surface area contributed by atoms with E-state index in [1.165, 1.54) is 28.0 Å². The van der Waals surface area contributed by atoms with Crippen LogP contribution in [0.2, 0.25) is 0 Å². The highest BCUT2D eigenvalue weighted by molar-refractivity contribution is 9.10. The Balaban J connectivity index is 1.51. The Morgan fingerprint density at radius 1 is 1.35 bits per heavy atom. The first kappa shape index (κ1) is 16.1. The third kappa shape index (κ3) is 2.27. The third-order valence-electron chi connectivity index (χ3n) is 5.15. The number of H-pyrrole nitrogens is 1. The number of thiophene rings is 1. The summed E-state index contributed by atoms with van der Waals surface area (Å²) in [6.07, 6.45) is 0.855. The third-order valence-corrected chi connectivity index (χ3v) is 7.00. The van der Waals surface area contributed by atoms with E-state index >= 15 is 0 Å². The van der Waals surface area contributed by atoms with E-state index in [1.54, 1.807) is 0 Å². The molecule has 1 N–H and O–H groups in total. The molecule has 0 aliphatic carbocycles. The number of nitrogens with one attached hydrogen (secondary N) is 1. The number of aromatic nitrogens is 3. The first-order valence-electron chi connectivity index (χ1n) is 8.53. The van der Waals surface area contributed by atoms with Crippen LogP contribution in [0.25, 0.3) is 21.1 Å².